The fourth-order valence-electron chi connectivity index (χ4n) is 4.80. The summed E-state index contributed by atoms with van der Waals surface area (Å²) in [6.45, 7) is -0.211. The molecule has 0 radical (unpaired) electrons. The van der Waals surface area contributed by atoms with Crippen LogP contribution >= 0.6 is 23.1 Å². The standard InChI is InChI=1S/C27H30F2N8OS2/c28-27(29)15-37(16-27)21-8-4-7-20(33-21)11-12-32-25(31)39-23(30)18-9-10-19(14-18)24-35-36-26(40-24)34-22(38)13-17-5-2-1-3-6-17/h1-8,18-19,30H,9-16H2,(H2,31,32)(H,34,36,38). The fourth-order valence-corrected chi connectivity index (χ4v) is 6.47. The number of hydrogen-bond donors (Lipinski definition) is 3. The summed E-state index contributed by atoms with van der Waals surface area (Å²) < 4.78 is 26.3. The van der Waals surface area contributed by atoms with Gasteiger partial charge in [-0.1, -0.05) is 47.7 Å². The van der Waals surface area contributed by atoms with Crippen molar-refractivity contribution in [2.75, 3.05) is 29.9 Å². The summed E-state index contributed by atoms with van der Waals surface area (Å²) in [6, 6.07) is 14.9. The van der Waals surface area contributed by atoms with E-state index in [1.807, 2.05) is 42.5 Å². The van der Waals surface area contributed by atoms with E-state index >= 15 is 0 Å². The Morgan fingerprint density at radius 1 is 1.18 bits per heavy atom. The van der Waals surface area contributed by atoms with Crippen LogP contribution in [-0.2, 0) is 17.6 Å². The number of alkyl halides is 2. The average molecular weight is 585 g/mol. The van der Waals surface area contributed by atoms with E-state index in [0.29, 0.717) is 34.1 Å². The number of carbonyl (C=O) groups excluding carboxylic acids is 1. The van der Waals surface area contributed by atoms with Crippen LogP contribution < -0.4 is 16.0 Å². The number of nitrogens with two attached hydrogens (primary N) is 1. The summed E-state index contributed by atoms with van der Waals surface area (Å²) in [5.41, 5.74) is 7.79. The van der Waals surface area contributed by atoms with Crippen LogP contribution in [0.4, 0.5) is 19.7 Å². The minimum Gasteiger partial charge on any atom is -0.378 e. The van der Waals surface area contributed by atoms with Gasteiger partial charge in [-0.2, -0.15) is 0 Å². The van der Waals surface area contributed by atoms with Gasteiger partial charge in [0.2, 0.25) is 11.0 Å². The lowest BCUT2D eigenvalue weighted by Crippen LogP contribution is -2.56. The Balaban J connectivity index is 1.05. The number of anilines is 2. The van der Waals surface area contributed by atoms with Crippen LogP contribution in [0.25, 0.3) is 0 Å². The van der Waals surface area contributed by atoms with Crippen molar-refractivity contribution < 1.29 is 13.6 Å². The smallest absolute Gasteiger partial charge is 0.282 e. The van der Waals surface area contributed by atoms with Gasteiger partial charge in [-0.3, -0.25) is 15.2 Å². The molecule has 1 aliphatic carbocycles. The van der Waals surface area contributed by atoms with E-state index in [0.717, 1.165) is 35.5 Å². The van der Waals surface area contributed by atoms with E-state index < -0.39 is 5.92 Å². The van der Waals surface area contributed by atoms with Crippen LogP contribution in [0.1, 0.15) is 41.4 Å². The molecule has 3 heterocycles. The zero-order chi connectivity index (χ0) is 28.1. The number of benzene rings is 1. The van der Waals surface area contributed by atoms with E-state index in [1.165, 1.54) is 23.1 Å². The lowest BCUT2D eigenvalue weighted by atomic mass is 10.1. The summed E-state index contributed by atoms with van der Waals surface area (Å²) in [6.07, 6.45) is 3.33. The van der Waals surface area contributed by atoms with Crippen LogP contribution in [0.15, 0.2) is 53.5 Å². The molecule has 1 aliphatic heterocycles. The maximum Gasteiger partial charge on any atom is 0.282 e. The van der Waals surface area contributed by atoms with Crippen LogP contribution in [-0.4, -0.2) is 56.9 Å². The fraction of sp³-hybridized carbons (Fsp3) is 0.407. The number of aromatic nitrogens is 3. The lowest BCUT2D eigenvalue weighted by Gasteiger charge is -2.39. The number of nitrogens with one attached hydrogen (secondary N) is 2. The van der Waals surface area contributed by atoms with Crippen LogP contribution in [0, 0.1) is 11.3 Å². The van der Waals surface area contributed by atoms with Gasteiger partial charge in [0.1, 0.15) is 10.8 Å². The number of amidine groups is 1. The molecule has 40 heavy (non-hydrogen) atoms. The number of nitrogens with zero attached hydrogens (tertiary/aromatic N) is 5. The summed E-state index contributed by atoms with van der Waals surface area (Å²) >= 11 is 2.56. The Morgan fingerprint density at radius 3 is 2.75 bits per heavy atom. The first-order valence-corrected chi connectivity index (χ1v) is 14.7. The van der Waals surface area contributed by atoms with Gasteiger partial charge in [0.25, 0.3) is 5.92 Å². The molecule has 2 aromatic heterocycles. The Hall–Kier alpha value is -3.45. The Bertz CT molecular complexity index is 1380. The molecule has 13 heteroatoms. The second kappa shape index (κ2) is 12.4. The van der Waals surface area contributed by atoms with Gasteiger partial charge >= 0.3 is 0 Å². The molecule has 2 atom stereocenters. The van der Waals surface area contributed by atoms with Crippen molar-refractivity contribution in [1.82, 2.24) is 15.2 Å². The highest BCUT2D eigenvalue weighted by Crippen LogP contribution is 2.42. The molecule has 1 amide bonds. The highest BCUT2D eigenvalue weighted by molar-refractivity contribution is 8.26. The summed E-state index contributed by atoms with van der Waals surface area (Å²) in [4.78, 5) is 22.7. The third-order valence-electron chi connectivity index (χ3n) is 6.86. The average Bonchev–Trinajstić information content (AvgIpc) is 3.58. The number of aliphatic imine (C=N–C) groups is 1. The lowest BCUT2D eigenvalue weighted by molar-refractivity contribution is -0.115. The zero-order valence-corrected chi connectivity index (χ0v) is 23.4. The van der Waals surface area contributed by atoms with Gasteiger partial charge in [-0.15, -0.1) is 10.2 Å². The highest BCUT2D eigenvalue weighted by Gasteiger charge is 2.44. The topological polar surface area (TPSA) is 133 Å². The molecular formula is C27H30F2N8OS2. The monoisotopic (exact) mass is 584 g/mol. The number of hydrogen-bond acceptors (Lipinski definition) is 9. The summed E-state index contributed by atoms with van der Waals surface area (Å²) in [5.74, 6) is -1.97. The number of carbonyl (C=O) groups is 1. The second-order valence-electron chi connectivity index (χ2n) is 10.00. The van der Waals surface area contributed by atoms with Gasteiger partial charge in [0, 0.05) is 30.5 Å². The zero-order valence-electron chi connectivity index (χ0n) is 21.7. The normalized spacial score (nSPS) is 20.2. The minimum absolute atomic E-state index is 0.0665. The molecule has 1 aromatic carbocycles. The summed E-state index contributed by atoms with van der Waals surface area (Å²) in [5, 5.41) is 22.0. The van der Waals surface area contributed by atoms with E-state index in [9.17, 15) is 13.6 Å². The maximum atomic E-state index is 13.2. The molecule has 0 spiro atoms. The molecule has 3 aromatic rings. The summed E-state index contributed by atoms with van der Waals surface area (Å²) in [7, 11) is 0. The molecule has 2 fully saturated rings. The Kier molecular flexibility index (Phi) is 8.69. The van der Waals surface area contributed by atoms with Gasteiger partial charge in [-0.25, -0.2) is 13.8 Å². The van der Waals surface area contributed by atoms with Crippen molar-refractivity contribution in [3.05, 3.63) is 64.8 Å². The molecule has 210 valence electrons. The van der Waals surface area contributed by atoms with E-state index in [2.05, 4.69) is 25.5 Å². The maximum absolute atomic E-state index is 13.2. The van der Waals surface area contributed by atoms with E-state index in [1.54, 1.807) is 11.0 Å². The van der Waals surface area contributed by atoms with Crippen LogP contribution in [0.2, 0.25) is 0 Å². The predicted octanol–water partition coefficient (Wildman–Crippen LogP) is 4.72. The largest absolute Gasteiger partial charge is 0.378 e. The molecule has 2 unspecified atom stereocenters. The quantitative estimate of drug-likeness (QED) is 0.245. The number of amides is 1. The van der Waals surface area contributed by atoms with Gasteiger partial charge in [0.15, 0.2) is 5.17 Å². The van der Waals surface area contributed by atoms with E-state index in [4.69, 9.17) is 11.1 Å². The first kappa shape index (κ1) is 28.1. The predicted molar refractivity (Wildman–Crippen MR) is 156 cm³/mol. The molecule has 5 rings (SSSR count). The molecule has 1 saturated carbocycles. The molecule has 0 bridgehead atoms. The van der Waals surface area contributed by atoms with Crippen molar-refractivity contribution in [1.29, 1.82) is 5.41 Å². The molecule has 9 nitrogen and oxygen atoms in total. The number of rotatable bonds is 9. The van der Waals surface area contributed by atoms with Crippen molar-refractivity contribution >= 4 is 50.2 Å². The Labute approximate surface area is 239 Å². The van der Waals surface area contributed by atoms with Gasteiger partial charge in [-0.05, 0) is 48.7 Å². The third kappa shape index (κ3) is 7.39. The van der Waals surface area contributed by atoms with Gasteiger partial charge < -0.3 is 16.0 Å². The van der Waals surface area contributed by atoms with Crippen molar-refractivity contribution in [3.8, 4) is 0 Å². The first-order valence-electron chi connectivity index (χ1n) is 13.1. The third-order valence-corrected chi connectivity index (χ3v) is 8.75. The number of thioether (sulfide) groups is 1. The van der Waals surface area contributed by atoms with Crippen LogP contribution in [0.3, 0.4) is 0 Å². The minimum atomic E-state index is -2.64. The number of halogens is 2. The van der Waals surface area contributed by atoms with Crippen molar-refractivity contribution in [2.24, 2.45) is 16.6 Å². The molecule has 4 N–H and O–H groups in total. The molecular weight excluding hydrogens is 554 g/mol. The first-order chi connectivity index (χ1) is 19.2. The van der Waals surface area contributed by atoms with E-state index in [-0.39, 0.29) is 37.3 Å². The molecule has 1 saturated heterocycles. The second-order valence-corrected chi connectivity index (χ2v) is 12.1. The van der Waals surface area contributed by atoms with Crippen molar-refractivity contribution in [3.63, 3.8) is 0 Å². The van der Waals surface area contributed by atoms with Gasteiger partial charge in [0.05, 0.1) is 24.6 Å². The Morgan fingerprint density at radius 2 is 1.98 bits per heavy atom. The van der Waals surface area contributed by atoms with Crippen LogP contribution in [0.5, 0.6) is 0 Å². The highest BCUT2D eigenvalue weighted by atomic mass is 32.2. The molecule has 2 aliphatic rings. The SMILES string of the molecule is N=C(SC(N)=NCCc1cccc(N2CC(F)(F)C2)n1)C1CCC(c2nnc(NC(=O)Cc3ccccc3)s2)C1. The van der Waals surface area contributed by atoms with Crippen molar-refractivity contribution in [2.45, 2.75) is 43.9 Å². The number of pyridine rings is 1.